The van der Waals surface area contributed by atoms with E-state index in [0.717, 1.165) is 18.5 Å². The molecule has 0 amide bonds. The predicted octanol–water partition coefficient (Wildman–Crippen LogP) is 0.777. The molecule has 106 valence electrons. The van der Waals surface area contributed by atoms with Crippen molar-refractivity contribution in [2.75, 3.05) is 13.6 Å². The fourth-order valence-corrected chi connectivity index (χ4v) is 3.90. The van der Waals surface area contributed by atoms with Gasteiger partial charge in [0.2, 0.25) is 0 Å². The largest absolute Gasteiger partial charge is 0.316 e. The van der Waals surface area contributed by atoms with Gasteiger partial charge in [-0.15, -0.1) is 6.58 Å². The molecular weight excluding hydrogens is 264 g/mol. The summed E-state index contributed by atoms with van der Waals surface area (Å²) in [6.45, 7) is 6.27. The Hall–Kier alpha value is -1.18. The van der Waals surface area contributed by atoms with Crippen LogP contribution in [0, 0.1) is 6.92 Å². The third kappa shape index (κ3) is 2.72. The molecule has 0 radical (unpaired) electrons. The summed E-state index contributed by atoms with van der Waals surface area (Å²) in [7, 11) is -1.77. The summed E-state index contributed by atoms with van der Waals surface area (Å²) < 4.78 is 26.9. The first-order valence-corrected chi connectivity index (χ1v) is 7.77. The Morgan fingerprint density at radius 1 is 1.58 bits per heavy atom. The molecule has 0 saturated heterocycles. The van der Waals surface area contributed by atoms with Crippen molar-refractivity contribution in [3.05, 3.63) is 23.9 Å². The van der Waals surface area contributed by atoms with Crippen molar-refractivity contribution >= 4 is 10.0 Å². The summed E-state index contributed by atoms with van der Waals surface area (Å²) >= 11 is 0. The molecule has 0 aliphatic heterocycles. The van der Waals surface area contributed by atoms with Gasteiger partial charge in [0.15, 0.2) is 5.03 Å². The van der Waals surface area contributed by atoms with Crippen LogP contribution in [-0.2, 0) is 16.6 Å². The van der Waals surface area contributed by atoms with E-state index in [2.05, 4.69) is 22.1 Å². The molecule has 1 aromatic rings. The molecule has 1 heterocycles. The Balaban J connectivity index is 2.40. The number of sulfonamides is 1. The van der Waals surface area contributed by atoms with Crippen molar-refractivity contribution in [1.82, 2.24) is 19.8 Å². The number of hydrogen-bond acceptors (Lipinski definition) is 4. The van der Waals surface area contributed by atoms with Crippen molar-refractivity contribution in [2.45, 2.75) is 37.4 Å². The van der Waals surface area contributed by atoms with Gasteiger partial charge in [0.1, 0.15) is 0 Å². The average Bonchev–Trinajstić information content (AvgIpc) is 3.12. The number of hydrogen-bond donors (Lipinski definition) is 2. The molecule has 19 heavy (non-hydrogen) atoms. The third-order valence-electron chi connectivity index (χ3n) is 3.21. The van der Waals surface area contributed by atoms with Gasteiger partial charge in [-0.1, -0.05) is 6.08 Å². The van der Waals surface area contributed by atoms with Gasteiger partial charge in [0, 0.05) is 30.4 Å². The number of aromatic nitrogens is 2. The summed E-state index contributed by atoms with van der Waals surface area (Å²) in [6.07, 6.45) is 3.45. The molecule has 1 aromatic heterocycles. The molecule has 0 atom stereocenters. The summed E-state index contributed by atoms with van der Waals surface area (Å²) in [4.78, 5) is 0. The highest BCUT2D eigenvalue weighted by atomic mass is 32.2. The van der Waals surface area contributed by atoms with Gasteiger partial charge in [-0.25, -0.2) is 8.42 Å². The second-order valence-electron chi connectivity index (χ2n) is 4.76. The molecule has 1 saturated carbocycles. The lowest BCUT2D eigenvalue weighted by atomic mass is 10.3. The molecule has 7 heteroatoms. The van der Waals surface area contributed by atoms with Crippen molar-refractivity contribution in [1.29, 1.82) is 0 Å². The zero-order valence-corrected chi connectivity index (χ0v) is 12.1. The minimum Gasteiger partial charge on any atom is -0.316 e. The lowest BCUT2D eigenvalue weighted by Gasteiger charge is -2.19. The Labute approximate surface area is 113 Å². The topological polar surface area (TPSA) is 78.1 Å². The molecule has 0 aromatic carbocycles. The maximum Gasteiger partial charge on any atom is 0.263 e. The van der Waals surface area contributed by atoms with E-state index in [1.54, 1.807) is 13.1 Å². The van der Waals surface area contributed by atoms with Gasteiger partial charge in [-0.3, -0.25) is 5.10 Å². The Morgan fingerprint density at radius 3 is 2.79 bits per heavy atom. The number of aryl methyl sites for hydroxylation is 1. The molecule has 0 spiro atoms. The smallest absolute Gasteiger partial charge is 0.263 e. The highest BCUT2D eigenvalue weighted by Crippen LogP contribution is 2.32. The van der Waals surface area contributed by atoms with Crippen LogP contribution in [0.5, 0.6) is 0 Å². The van der Waals surface area contributed by atoms with Gasteiger partial charge in [0.05, 0.1) is 0 Å². The van der Waals surface area contributed by atoms with Gasteiger partial charge in [0.25, 0.3) is 10.0 Å². The van der Waals surface area contributed by atoms with Crippen LogP contribution in [0.25, 0.3) is 0 Å². The monoisotopic (exact) mass is 284 g/mol. The van der Waals surface area contributed by atoms with E-state index < -0.39 is 10.0 Å². The Kier molecular flexibility index (Phi) is 4.07. The molecular formula is C12H20N4O2S. The molecule has 1 aliphatic rings. The van der Waals surface area contributed by atoms with E-state index in [1.165, 1.54) is 4.31 Å². The van der Waals surface area contributed by atoms with Crippen LogP contribution in [0.4, 0.5) is 0 Å². The van der Waals surface area contributed by atoms with Crippen molar-refractivity contribution in [3.8, 4) is 0 Å². The molecule has 0 unspecified atom stereocenters. The summed E-state index contributed by atoms with van der Waals surface area (Å²) in [5.74, 6) is 0. The highest BCUT2D eigenvalue weighted by molar-refractivity contribution is 7.89. The molecule has 0 bridgehead atoms. The summed E-state index contributed by atoms with van der Waals surface area (Å²) in [6, 6.07) is 0.0995. The van der Waals surface area contributed by atoms with Crippen molar-refractivity contribution in [2.24, 2.45) is 0 Å². The van der Waals surface area contributed by atoms with Crippen LogP contribution < -0.4 is 5.32 Å². The van der Waals surface area contributed by atoms with Crippen LogP contribution in [0.1, 0.15) is 24.1 Å². The molecule has 2 N–H and O–H groups in total. The van der Waals surface area contributed by atoms with Crippen molar-refractivity contribution < 1.29 is 8.42 Å². The van der Waals surface area contributed by atoms with E-state index in [1.807, 2.05) is 6.92 Å². The first kappa shape index (κ1) is 14.2. The number of aromatic amines is 1. The van der Waals surface area contributed by atoms with Crippen molar-refractivity contribution in [3.63, 3.8) is 0 Å². The number of rotatable bonds is 7. The minimum absolute atomic E-state index is 0.0995. The van der Waals surface area contributed by atoms with Gasteiger partial charge >= 0.3 is 0 Å². The maximum atomic E-state index is 12.7. The first-order valence-electron chi connectivity index (χ1n) is 6.33. The van der Waals surface area contributed by atoms with E-state index >= 15 is 0 Å². The Bertz CT molecular complexity index is 560. The second-order valence-corrected chi connectivity index (χ2v) is 6.56. The van der Waals surface area contributed by atoms with Crippen LogP contribution in [-0.4, -0.2) is 42.6 Å². The third-order valence-corrected chi connectivity index (χ3v) is 5.10. The SMILES string of the molecule is C=CCN(C1CC1)S(=O)(=O)c1n[nH]c(C)c1CNC. The highest BCUT2D eigenvalue weighted by Gasteiger charge is 2.39. The average molecular weight is 284 g/mol. The van der Waals surface area contributed by atoms with Gasteiger partial charge in [-0.2, -0.15) is 9.40 Å². The molecule has 6 nitrogen and oxygen atoms in total. The van der Waals surface area contributed by atoms with Gasteiger partial charge < -0.3 is 5.32 Å². The van der Waals surface area contributed by atoms with Crippen LogP contribution in [0.2, 0.25) is 0 Å². The van der Waals surface area contributed by atoms with E-state index in [0.29, 0.717) is 18.7 Å². The van der Waals surface area contributed by atoms with Crippen LogP contribution in [0.15, 0.2) is 17.7 Å². The molecule has 1 aliphatic carbocycles. The molecule has 1 fully saturated rings. The normalized spacial score (nSPS) is 15.9. The Morgan fingerprint density at radius 2 is 2.26 bits per heavy atom. The predicted molar refractivity (Wildman–Crippen MR) is 73.2 cm³/mol. The van der Waals surface area contributed by atoms with Gasteiger partial charge in [-0.05, 0) is 26.8 Å². The van der Waals surface area contributed by atoms with E-state index in [4.69, 9.17) is 0 Å². The zero-order valence-electron chi connectivity index (χ0n) is 11.3. The van der Waals surface area contributed by atoms with E-state index in [9.17, 15) is 8.42 Å². The fraction of sp³-hybridized carbons (Fsp3) is 0.583. The fourth-order valence-electron chi connectivity index (χ4n) is 2.07. The standard InChI is InChI=1S/C12H20N4O2S/c1-4-7-16(10-5-6-10)19(17,18)12-11(8-13-3)9(2)14-15-12/h4,10,13H,1,5-8H2,2-3H3,(H,14,15). The molecule has 2 rings (SSSR count). The summed E-state index contributed by atoms with van der Waals surface area (Å²) in [5.41, 5.74) is 1.49. The quantitative estimate of drug-likeness (QED) is 0.725. The maximum absolute atomic E-state index is 12.7. The van der Waals surface area contributed by atoms with Crippen LogP contribution >= 0.6 is 0 Å². The van der Waals surface area contributed by atoms with Crippen LogP contribution in [0.3, 0.4) is 0 Å². The lowest BCUT2D eigenvalue weighted by molar-refractivity contribution is 0.432. The number of nitrogens with zero attached hydrogens (tertiary/aromatic N) is 2. The zero-order chi connectivity index (χ0) is 14.0. The lowest BCUT2D eigenvalue weighted by Crippen LogP contribution is -2.34. The number of nitrogens with one attached hydrogen (secondary N) is 2. The first-order chi connectivity index (χ1) is 9.02. The minimum atomic E-state index is -3.55. The van der Waals surface area contributed by atoms with E-state index in [-0.39, 0.29) is 11.1 Å². The second kappa shape index (κ2) is 5.44. The number of H-pyrrole nitrogens is 1. The summed E-state index contributed by atoms with van der Waals surface area (Å²) in [5, 5.41) is 9.86.